The number of halogens is 1. The molecule has 0 bridgehead atoms. The number of carbonyl (C=O) groups is 1. The summed E-state index contributed by atoms with van der Waals surface area (Å²) < 4.78 is 0. The van der Waals surface area contributed by atoms with Gasteiger partial charge in [-0.25, -0.2) is 0 Å². The first-order chi connectivity index (χ1) is 4.57. The fourth-order valence-electron chi connectivity index (χ4n) is 0.579. The van der Waals surface area contributed by atoms with Crippen LogP contribution in [0.4, 0.5) is 0 Å². The fraction of sp³-hybridized carbons (Fsp3) is 0.833. The van der Waals surface area contributed by atoms with E-state index in [2.05, 4.69) is 0 Å². The topological polar surface area (TPSA) is 57.5 Å². The Bertz CT molecular complexity index is 116. The number of carboxylic acid groups (broad SMARTS) is 1. The van der Waals surface area contributed by atoms with E-state index in [0.717, 1.165) is 0 Å². The van der Waals surface area contributed by atoms with E-state index in [-0.39, 0.29) is 6.42 Å². The molecule has 0 saturated carbocycles. The van der Waals surface area contributed by atoms with E-state index >= 15 is 0 Å². The van der Waals surface area contributed by atoms with Crippen LogP contribution >= 0.6 is 11.6 Å². The lowest BCUT2D eigenvalue weighted by molar-refractivity contribution is -0.139. The van der Waals surface area contributed by atoms with Gasteiger partial charge in [-0.2, -0.15) is 0 Å². The van der Waals surface area contributed by atoms with Crippen molar-refractivity contribution in [3.8, 4) is 0 Å². The van der Waals surface area contributed by atoms with Crippen molar-refractivity contribution in [1.29, 1.82) is 0 Å². The average molecular weight is 167 g/mol. The largest absolute Gasteiger partial charge is 0.481 e. The zero-order valence-corrected chi connectivity index (χ0v) is 6.51. The number of aliphatic hydroxyl groups is 1. The molecule has 0 fully saturated rings. The predicted molar refractivity (Wildman–Crippen MR) is 38.2 cm³/mol. The van der Waals surface area contributed by atoms with Crippen LogP contribution < -0.4 is 0 Å². The van der Waals surface area contributed by atoms with Crippen LogP contribution in [0.5, 0.6) is 0 Å². The van der Waals surface area contributed by atoms with Gasteiger partial charge in [0.05, 0.1) is 17.9 Å². The maximum absolute atomic E-state index is 10.0. The summed E-state index contributed by atoms with van der Waals surface area (Å²) in [7, 11) is 0. The molecule has 2 N–H and O–H groups in total. The molecule has 0 amide bonds. The maximum atomic E-state index is 10.0. The first-order valence-electron chi connectivity index (χ1n) is 3.11. The molecule has 0 aromatic rings. The standard InChI is InChI=1S/C6H11ClO3/c1-2-4(7)5(8)3-6(9)10/h4-5,8H,2-3H2,1H3,(H,9,10). The highest BCUT2D eigenvalue weighted by Gasteiger charge is 2.16. The molecule has 0 spiro atoms. The highest BCUT2D eigenvalue weighted by Crippen LogP contribution is 2.09. The van der Waals surface area contributed by atoms with E-state index in [1.807, 2.05) is 0 Å². The van der Waals surface area contributed by atoms with Crippen molar-refractivity contribution in [2.24, 2.45) is 0 Å². The third-order valence-electron chi connectivity index (χ3n) is 1.19. The van der Waals surface area contributed by atoms with E-state index < -0.39 is 17.5 Å². The lowest BCUT2D eigenvalue weighted by Crippen LogP contribution is -2.23. The Hall–Kier alpha value is -0.280. The second-order valence-corrected chi connectivity index (χ2v) is 2.65. The maximum Gasteiger partial charge on any atom is 0.306 e. The third kappa shape index (κ3) is 3.69. The summed E-state index contributed by atoms with van der Waals surface area (Å²) in [4.78, 5) is 10.0. The lowest BCUT2D eigenvalue weighted by atomic mass is 10.1. The summed E-state index contributed by atoms with van der Waals surface area (Å²) in [5, 5.41) is 16.7. The lowest BCUT2D eigenvalue weighted by Gasteiger charge is -2.11. The molecule has 10 heavy (non-hydrogen) atoms. The van der Waals surface area contributed by atoms with Gasteiger partial charge >= 0.3 is 5.97 Å². The summed E-state index contributed by atoms with van der Waals surface area (Å²) in [6.07, 6.45) is -0.623. The second-order valence-electron chi connectivity index (χ2n) is 2.09. The van der Waals surface area contributed by atoms with Crippen LogP contribution in [-0.2, 0) is 4.79 Å². The minimum Gasteiger partial charge on any atom is -0.481 e. The Balaban J connectivity index is 3.61. The molecule has 0 aromatic carbocycles. The van der Waals surface area contributed by atoms with Gasteiger partial charge in [-0.15, -0.1) is 11.6 Å². The van der Waals surface area contributed by atoms with E-state index in [1.54, 1.807) is 6.92 Å². The quantitative estimate of drug-likeness (QED) is 0.609. The minimum atomic E-state index is -1.02. The van der Waals surface area contributed by atoms with E-state index in [0.29, 0.717) is 6.42 Å². The van der Waals surface area contributed by atoms with Crippen molar-refractivity contribution in [3.63, 3.8) is 0 Å². The number of alkyl halides is 1. The van der Waals surface area contributed by atoms with Crippen molar-refractivity contribution >= 4 is 17.6 Å². The van der Waals surface area contributed by atoms with Crippen LogP contribution in [0.15, 0.2) is 0 Å². The molecule has 0 radical (unpaired) electrons. The zero-order valence-electron chi connectivity index (χ0n) is 5.75. The van der Waals surface area contributed by atoms with Gasteiger partial charge in [0.25, 0.3) is 0 Å². The number of hydrogen-bond donors (Lipinski definition) is 2. The van der Waals surface area contributed by atoms with Gasteiger partial charge in [0.15, 0.2) is 0 Å². The van der Waals surface area contributed by atoms with E-state index in [1.165, 1.54) is 0 Å². The summed E-state index contributed by atoms with van der Waals surface area (Å²) in [5.41, 5.74) is 0. The highest BCUT2D eigenvalue weighted by molar-refractivity contribution is 6.21. The van der Waals surface area contributed by atoms with E-state index in [9.17, 15) is 4.79 Å². The Morgan fingerprint density at radius 3 is 2.50 bits per heavy atom. The van der Waals surface area contributed by atoms with Crippen molar-refractivity contribution in [2.75, 3.05) is 0 Å². The second kappa shape index (κ2) is 4.52. The SMILES string of the molecule is CCC(Cl)C(O)CC(=O)O. The molecule has 0 rings (SSSR count). The predicted octanol–water partition coefficient (Wildman–Crippen LogP) is 0.839. The fourth-order valence-corrected chi connectivity index (χ4v) is 0.668. The Morgan fingerprint density at radius 1 is 1.70 bits per heavy atom. The van der Waals surface area contributed by atoms with Gasteiger partial charge in [-0.1, -0.05) is 6.92 Å². The molecule has 0 aliphatic heterocycles. The van der Waals surface area contributed by atoms with Crippen molar-refractivity contribution in [3.05, 3.63) is 0 Å². The Kier molecular flexibility index (Phi) is 4.40. The smallest absolute Gasteiger partial charge is 0.306 e. The van der Waals surface area contributed by atoms with Crippen LogP contribution in [0.3, 0.4) is 0 Å². The molecule has 0 saturated heterocycles. The first-order valence-corrected chi connectivity index (χ1v) is 3.55. The molecule has 0 aliphatic carbocycles. The van der Waals surface area contributed by atoms with Gasteiger partial charge in [0.2, 0.25) is 0 Å². The van der Waals surface area contributed by atoms with Crippen LogP contribution in [0.1, 0.15) is 19.8 Å². The third-order valence-corrected chi connectivity index (χ3v) is 1.79. The van der Waals surface area contributed by atoms with Crippen LogP contribution in [0.2, 0.25) is 0 Å². The van der Waals surface area contributed by atoms with Gasteiger partial charge in [0, 0.05) is 0 Å². The van der Waals surface area contributed by atoms with Crippen molar-refractivity contribution in [2.45, 2.75) is 31.2 Å². The molecule has 0 aliphatic rings. The number of rotatable bonds is 4. The number of aliphatic hydroxyl groups excluding tert-OH is 1. The molecule has 4 heteroatoms. The molecule has 2 atom stereocenters. The monoisotopic (exact) mass is 166 g/mol. The molecule has 60 valence electrons. The summed E-state index contributed by atoms with van der Waals surface area (Å²) in [6.45, 7) is 1.79. The Labute approximate surface area is 64.6 Å². The summed E-state index contributed by atoms with van der Waals surface area (Å²) in [5.74, 6) is -1.02. The van der Waals surface area contributed by atoms with Crippen molar-refractivity contribution < 1.29 is 15.0 Å². The minimum absolute atomic E-state index is 0.276. The molecule has 0 heterocycles. The average Bonchev–Trinajstić information content (AvgIpc) is 1.85. The summed E-state index contributed by atoms with van der Waals surface area (Å²) in [6, 6.07) is 0. The molecular weight excluding hydrogens is 156 g/mol. The molecule has 2 unspecified atom stereocenters. The van der Waals surface area contributed by atoms with E-state index in [4.69, 9.17) is 21.8 Å². The molecule has 0 aromatic heterocycles. The van der Waals surface area contributed by atoms with Gasteiger partial charge in [-0.3, -0.25) is 4.79 Å². The molecular formula is C6H11ClO3. The van der Waals surface area contributed by atoms with Crippen molar-refractivity contribution in [1.82, 2.24) is 0 Å². The summed E-state index contributed by atoms with van der Waals surface area (Å²) >= 11 is 5.55. The number of carboxylic acids is 1. The molecule has 3 nitrogen and oxygen atoms in total. The van der Waals surface area contributed by atoms with Crippen LogP contribution in [-0.4, -0.2) is 27.7 Å². The van der Waals surface area contributed by atoms with Crippen LogP contribution in [0.25, 0.3) is 0 Å². The van der Waals surface area contributed by atoms with Gasteiger partial charge in [0.1, 0.15) is 0 Å². The first kappa shape index (κ1) is 9.72. The van der Waals surface area contributed by atoms with Crippen LogP contribution in [0, 0.1) is 0 Å². The highest BCUT2D eigenvalue weighted by atomic mass is 35.5. The van der Waals surface area contributed by atoms with Gasteiger partial charge < -0.3 is 10.2 Å². The Morgan fingerprint density at radius 2 is 2.20 bits per heavy atom. The number of hydrogen-bond acceptors (Lipinski definition) is 2. The number of aliphatic carboxylic acids is 1. The normalized spacial score (nSPS) is 16.3. The van der Waals surface area contributed by atoms with Gasteiger partial charge in [-0.05, 0) is 6.42 Å². The zero-order chi connectivity index (χ0) is 8.15.